The zero-order valence-corrected chi connectivity index (χ0v) is 27.4. The minimum atomic E-state index is -0.600. The number of hydrogen-bond acceptors (Lipinski definition) is 7. The van der Waals surface area contributed by atoms with Crippen LogP contribution in [0.25, 0.3) is 6.08 Å². The highest BCUT2D eigenvalue weighted by Crippen LogP contribution is 2.33. The Morgan fingerprint density at radius 1 is 1.21 bits per heavy atom. The summed E-state index contributed by atoms with van der Waals surface area (Å²) in [5, 5.41) is 2.58. The number of aromatic nitrogens is 1. The first-order valence-electron chi connectivity index (χ1n) is 11.9. The lowest BCUT2D eigenvalue weighted by molar-refractivity contribution is -0.139. The number of fused-ring (bicyclic) bond motifs is 1. The van der Waals surface area contributed by atoms with Crippen LogP contribution in [0.4, 0.5) is 0 Å². The number of ether oxygens (including phenoxy) is 2. The Balaban J connectivity index is 1.63. The molecule has 0 bridgehead atoms. The Labute approximate surface area is 264 Å². The van der Waals surface area contributed by atoms with E-state index in [2.05, 4.69) is 50.2 Å². The Morgan fingerprint density at radius 2 is 2.03 bits per heavy atom. The van der Waals surface area contributed by atoms with Crippen molar-refractivity contribution < 1.29 is 14.3 Å². The summed E-state index contributed by atoms with van der Waals surface area (Å²) in [5.41, 5.74) is 2.44. The molecule has 0 amide bonds. The summed E-state index contributed by atoms with van der Waals surface area (Å²) in [6.45, 7) is 4.12. The first-order chi connectivity index (χ1) is 18.8. The van der Waals surface area contributed by atoms with E-state index in [0.717, 1.165) is 23.1 Å². The number of benzene rings is 2. The van der Waals surface area contributed by atoms with Crippen molar-refractivity contribution in [1.82, 2.24) is 4.57 Å². The van der Waals surface area contributed by atoms with Crippen molar-refractivity contribution in [3.8, 4) is 5.75 Å². The number of allylic oxidation sites excluding steroid dienone is 1. The van der Waals surface area contributed by atoms with E-state index in [4.69, 9.17) is 21.1 Å². The number of thiazole rings is 1. The van der Waals surface area contributed by atoms with Gasteiger partial charge in [-0.15, -0.1) is 11.3 Å². The Bertz CT molecular complexity index is 1780. The molecule has 4 aromatic rings. The summed E-state index contributed by atoms with van der Waals surface area (Å²) in [6.07, 6.45) is 1.84. The van der Waals surface area contributed by atoms with Gasteiger partial charge in [0.25, 0.3) is 5.56 Å². The van der Waals surface area contributed by atoms with Gasteiger partial charge in [-0.25, -0.2) is 9.79 Å². The zero-order valence-electron chi connectivity index (χ0n) is 20.7. The van der Waals surface area contributed by atoms with Gasteiger partial charge in [-0.2, -0.15) is 0 Å². The number of carbonyl (C=O) groups is 1. The number of halogens is 3. The number of nitrogens with zero attached hydrogens (tertiary/aromatic N) is 2. The zero-order chi connectivity index (χ0) is 27.7. The van der Waals surface area contributed by atoms with E-state index < -0.39 is 12.0 Å². The van der Waals surface area contributed by atoms with E-state index in [1.807, 2.05) is 60.0 Å². The van der Waals surface area contributed by atoms with Crippen LogP contribution in [-0.4, -0.2) is 17.1 Å². The van der Waals surface area contributed by atoms with Crippen molar-refractivity contribution in [2.45, 2.75) is 26.5 Å². The number of rotatable bonds is 7. The van der Waals surface area contributed by atoms with Crippen LogP contribution in [0.3, 0.4) is 0 Å². The lowest BCUT2D eigenvalue weighted by Crippen LogP contribution is -2.39. The molecule has 0 saturated heterocycles. The summed E-state index contributed by atoms with van der Waals surface area (Å²) in [5.74, 6) is 0.218. The summed E-state index contributed by atoms with van der Waals surface area (Å²) >= 11 is 13.4. The van der Waals surface area contributed by atoms with Crippen molar-refractivity contribution in [2.75, 3.05) is 6.61 Å². The summed E-state index contributed by atoms with van der Waals surface area (Å²) in [4.78, 5) is 33.0. The third kappa shape index (κ3) is 6.04. The molecular formula is C28H21ClI2N2O4S2. The van der Waals surface area contributed by atoms with Crippen LogP contribution in [0.2, 0.25) is 5.02 Å². The highest BCUT2D eigenvalue weighted by atomic mass is 127. The highest BCUT2D eigenvalue weighted by molar-refractivity contribution is 14.1. The molecule has 6 nitrogen and oxygen atoms in total. The number of hydrogen-bond donors (Lipinski definition) is 0. The molecule has 0 unspecified atom stereocenters. The fraction of sp³-hybridized carbons (Fsp3) is 0.179. The minimum Gasteiger partial charge on any atom is -0.487 e. The average molecular weight is 803 g/mol. The maximum absolute atomic E-state index is 13.9. The van der Waals surface area contributed by atoms with Crippen LogP contribution in [0, 0.1) is 7.14 Å². The quantitative estimate of drug-likeness (QED) is 0.163. The molecular weight excluding hydrogens is 782 g/mol. The molecule has 0 aliphatic carbocycles. The van der Waals surface area contributed by atoms with Gasteiger partial charge in [0.2, 0.25) is 0 Å². The van der Waals surface area contributed by atoms with Crippen LogP contribution >= 0.6 is 79.5 Å². The smallest absolute Gasteiger partial charge is 0.338 e. The second kappa shape index (κ2) is 12.2. The van der Waals surface area contributed by atoms with E-state index in [0.29, 0.717) is 38.0 Å². The van der Waals surface area contributed by atoms with E-state index in [-0.39, 0.29) is 12.2 Å². The molecule has 3 heterocycles. The van der Waals surface area contributed by atoms with Gasteiger partial charge in [-0.05, 0) is 106 Å². The van der Waals surface area contributed by atoms with Crippen molar-refractivity contribution in [2.24, 2.45) is 4.99 Å². The topological polar surface area (TPSA) is 69.9 Å². The van der Waals surface area contributed by atoms with Gasteiger partial charge in [0.15, 0.2) is 4.80 Å². The molecule has 1 aliphatic rings. The average Bonchev–Trinajstić information content (AvgIpc) is 3.51. The fourth-order valence-electron chi connectivity index (χ4n) is 4.27. The van der Waals surface area contributed by atoms with Gasteiger partial charge < -0.3 is 9.47 Å². The fourth-order valence-corrected chi connectivity index (χ4v) is 8.39. The van der Waals surface area contributed by atoms with Gasteiger partial charge in [0.05, 0.1) is 26.0 Å². The van der Waals surface area contributed by atoms with E-state index in [1.54, 1.807) is 18.4 Å². The molecule has 200 valence electrons. The largest absolute Gasteiger partial charge is 0.487 e. The first-order valence-corrected chi connectivity index (χ1v) is 16.1. The van der Waals surface area contributed by atoms with Gasteiger partial charge in [0.1, 0.15) is 18.4 Å². The molecule has 0 N–H and O–H groups in total. The maximum atomic E-state index is 13.9. The molecule has 0 radical (unpaired) electrons. The molecule has 11 heteroatoms. The Kier molecular flexibility index (Phi) is 8.96. The van der Waals surface area contributed by atoms with Gasteiger partial charge in [-0.1, -0.05) is 41.1 Å². The monoisotopic (exact) mass is 802 g/mol. The normalized spacial score (nSPS) is 15.2. The maximum Gasteiger partial charge on any atom is 0.338 e. The molecule has 0 spiro atoms. The lowest BCUT2D eigenvalue weighted by atomic mass is 10.0. The molecule has 5 rings (SSSR count). The van der Waals surface area contributed by atoms with E-state index >= 15 is 0 Å². The first kappa shape index (κ1) is 28.5. The number of carbonyl (C=O) groups excluding carboxylic acids is 1. The molecule has 0 saturated carbocycles. The van der Waals surface area contributed by atoms with Crippen LogP contribution in [0.5, 0.6) is 5.75 Å². The second-order valence-electron chi connectivity index (χ2n) is 8.54. The minimum absolute atomic E-state index is 0.221. The summed E-state index contributed by atoms with van der Waals surface area (Å²) in [7, 11) is 0. The predicted molar refractivity (Wildman–Crippen MR) is 172 cm³/mol. The van der Waals surface area contributed by atoms with Crippen molar-refractivity contribution >= 4 is 91.5 Å². The summed E-state index contributed by atoms with van der Waals surface area (Å²) < 4.78 is 15.7. The van der Waals surface area contributed by atoms with E-state index in [9.17, 15) is 9.59 Å². The SMILES string of the molecule is CCOC(=O)C1=C(C)N=c2s/c(=C\c3cc(I)cc(I)c3OCc3cccc(Cl)c3)c(=O)n2[C@@H]1c1cccs1. The van der Waals surface area contributed by atoms with Crippen LogP contribution in [0.15, 0.2) is 75.0 Å². The Morgan fingerprint density at radius 3 is 2.74 bits per heavy atom. The lowest BCUT2D eigenvalue weighted by Gasteiger charge is -2.23. The molecule has 0 fully saturated rings. The molecule has 39 heavy (non-hydrogen) atoms. The van der Waals surface area contributed by atoms with Gasteiger partial charge >= 0.3 is 5.97 Å². The third-order valence-electron chi connectivity index (χ3n) is 5.93. The number of thiophene rings is 1. The third-order valence-corrected chi connectivity index (χ3v) is 9.49. The second-order valence-corrected chi connectivity index (χ2v) is 13.4. The van der Waals surface area contributed by atoms with Crippen LogP contribution < -0.4 is 19.6 Å². The predicted octanol–water partition coefficient (Wildman–Crippen LogP) is 6.30. The van der Waals surface area contributed by atoms with E-state index in [1.165, 1.54) is 22.7 Å². The van der Waals surface area contributed by atoms with Crippen molar-refractivity contribution in [3.63, 3.8) is 0 Å². The molecule has 1 atom stereocenters. The van der Waals surface area contributed by atoms with Crippen LogP contribution in [-0.2, 0) is 16.1 Å². The molecule has 2 aromatic heterocycles. The number of esters is 1. The van der Waals surface area contributed by atoms with Gasteiger partial charge in [0, 0.05) is 19.0 Å². The highest BCUT2D eigenvalue weighted by Gasteiger charge is 2.34. The van der Waals surface area contributed by atoms with Crippen LogP contribution in [0.1, 0.15) is 35.9 Å². The molecule has 1 aliphatic heterocycles. The van der Waals surface area contributed by atoms with Crippen molar-refractivity contribution in [1.29, 1.82) is 0 Å². The van der Waals surface area contributed by atoms with Gasteiger partial charge in [-0.3, -0.25) is 9.36 Å². The van der Waals surface area contributed by atoms with Crippen molar-refractivity contribution in [3.05, 3.63) is 113 Å². The Hall–Kier alpha value is -2.00. The summed E-state index contributed by atoms with van der Waals surface area (Å²) in [6, 6.07) is 14.8. The standard InChI is InChI=1S/C28H21ClI2N2O4S2/c1-3-36-27(35)23-15(2)32-28-33(24(23)21-8-5-9-38-21)26(34)22(39-28)12-17-11-19(30)13-20(31)25(17)37-14-16-6-4-7-18(29)10-16/h4-13,24H,3,14H2,1-2H3/b22-12-/t24-/m1/s1. The molecule has 2 aromatic carbocycles.